The van der Waals surface area contributed by atoms with Crippen molar-refractivity contribution in [2.24, 2.45) is 0 Å². The first-order valence-electron chi connectivity index (χ1n) is 14.4. The maximum absolute atomic E-state index is 11.2. The Kier molecular flexibility index (Phi) is 7.99. The molecule has 45 heavy (non-hydrogen) atoms. The first kappa shape index (κ1) is 29.1. The van der Waals surface area contributed by atoms with Crippen LogP contribution in [0, 0.1) is 0 Å². The van der Waals surface area contributed by atoms with Gasteiger partial charge >= 0.3 is 0 Å². The Morgan fingerprint density at radius 1 is 0.822 bits per heavy atom. The summed E-state index contributed by atoms with van der Waals surface area (Å²) >= 11 is 14.0. The molecule has 7 rings (SSSR count). The van der Waals surface area contributed by atoms with Crippen LogP contribution in [0.5, 0.6) is 0 Å². The van der Waals surface area contributed by atoms with Gasteiger partial charge in [0.15, 0.2) is 17.9 Å². The highest BCUT2D eigenvalue weighted by Crippen LogP contribution is 2.42. The number of carbonyl (C=O) groups is 1. The van der Waals surface area contributed by atoms with E-state index in [2.05, 4.69) is 36.6 Å². The molecule has 0 saturated carbocycles. The van der Waals surface area contributed by atoms with Gasteiger partial charge in [-0.1, -0.05) is 47.5 Å². The number of nitrogens with zero attached hydrogens (tertiary/aromatic N) is 5. The second-order valence-electron chi connectivity index (χ2n) is 11.0. The molecular weight excluding hydrogens is 609 g/mol. The summed E-state index contributed by atoms with van der Waals surface area (Å²) in [6.07, 6.45) is 8.07. The van der Waals surface area contributed by atoms with E-state index in [9.17, 15) is 9.90 Å². The third-order valence-electron chi connectivity index (χ3n) is 7.86. The monoisotopic (exact) mass is 635 g/mol. The van der Waals surface area contributed by atoms with Crippen molar-refractivity contribution in [3.63, 3.8) is 0 Å². The number of aromatic nitrogens is 4. The van der Waals surface area contributed by atoms with Gasteiger partial charge in [-0.2, -0.15) is 0 Å². The summed E-state index contributed by atoms with van der Waals surface area (Å²) in [4.78, 5) is 31.6. The molecule has 6 aromatic rings. The van der Waals surface area contributed by atoms with Crippen molar-refractivity contribution in [1.29, 1.82) is 0 Å². The first-order valence-corrected chi connectivity index (χ1v) is 15.2. The second kappa shape index (κ2) is 12.4. The van der Waals surface area contributed by atoms with Crippen molar-refractivity contribution in [2.45, 2.75) is 19.1 Å². The van der Waals surface area contributed by atoms with E-state index in [-0.39, 0.29) is 6.10 Å². The van der Waals surface area contributed by atoms with Crippen LogP contribution < -0.4 is 10.6 Å². The van der Waals surface area contributed by atoms with Gasteiger partial charge in [0.05, 0.1) is 27.5 Å². The molecule has 1 saturated heterocycles. The molecule has 0 bridgehead atoms. The lowest BCUT2D eigenvalue weighted by Crippen LogP contribution is -2.21. The van der Waals surface area contributed by atoms with Gasteiger partial charge in [0.25, 0.3) is 0 Å². The van der Waals surface area contributed by atoms with Crippen LogP contribution in [0.4, 0.5) is 23.0 Å². The number of likely N-dealkylation sites (tertiary alicyclic amines) is 1. The van der Waals surface area contributed by atoms with Crippen LogP contribution in [0.2, 0.25) is 10.0 Å². The Balaban J connectivity index is 1.17. The van der Waals surface area contributed by atoms with Gasteiger partial charge in [-0.25, -0.2) is 9.97 Å². The molecule has 1 atom stereocenters. The molecule has 5 heterocycles. The number of pyridine rings is 4. The van der Waals surface area contributed by atoms with Crippen molar-refractivity contribution >= 4 is 74.3 Å². The number of aliphatic hydroxyl groups excluding tert-OH is 1. The van der Waals surface area contributed by atoms with E-state index in [0.717, 1.165) is 58.8 Å². The van der Waals surface area contributed by atoms with Gasteiger partial charge in [0, 0.05) is 71.9 Å². The maximum Gasteiger partial charge on any atom is 0.156 e. The number of aliphatic hydroxyl groups is 1. The number of hydrogen-bond donors (Lipinski definition) is 3. The Labute approximate surface area is 268 Å². The number of rotatable bonds is 8. The third-order valence-corrected chi connectivity index (χ3v) is 8.67. The van der Waals surface area contributed by atoms with Crippen LogP contribution in [-0.4, -0.2) is 55.4 Å². The molecule has 0 radical (unpaired) electrons. The number of anilines is 4. The Bertz CT molecular complexity index is 2070. The van der Waals surface area contributed by atoms with Gasteiger partial charge < -0.3 is 15.7 Å². The zero-order valence-electron chi connectivity index (χ0n) is 23.9. The fourth-order valence-corrected chi connectivity index (χ4v) is 6.21. The van der Waals surface area contributed by atoms with Crippen LogP contribution in [0.3, 0.4) is 0 Å². The van der Waals surface area contributed by atoms with Crippen LogP contribution in [0.25, 0.3) is 32.9 Å². The van der Waals surface area contributed by atoms with Gasteiger partial charge in [0.2, 0.25) is 0 Å². The number of nitrogens with one attached hydrogen (secondary N) is 2. The van der Waals surface area contributed by atoms with E-state index in [1.807, 2.05) is 48.7 Å². The molecule has 3 N–H and O–H groups in total. The SMILES string of the molecule is O=Cc1cnc2c(Nc3cccc(-c4cccc(Nc5nccc6cc(CN7CC[C@H](O)C7)cnc56)c4Cl)c3Cl)nccc2c1. The number of aldehydes is 1. The molecule has 0 spiro atoms. The standard InChI is InChI=1S/C34H27Cl2N7O2/c35-29-25(26-4-2-6-28(30(26)36)42-34-32-23(8-11-38-34)14-21(19-44)16-40-32)3-1-5-27(29)41-33-31-22(7-10-37-33)13-20(15-39-31)17-43-12-9-24(45)18-43/h1-8,10-11,13-16,19,24,45H,9,12,17-18H2,(H,37,41)(H,38,42)/t24-/m0/s1. The van der Waals surface area contributed by atoms with Crippen molar-refractivity contribution in [1.82, 2.24) is 24.8 Å². The van der Waals surface area contributed by atoms with E-state index in [0.29, 0.717) is 50.7 Å². The quantitative estimate of drug-likeness (QED) is 0.147. The summed E-state index contributed by atoms with van der Waals surface area (Å²) < 4.78 is 0. The molecule has 4 aromatic heterocycles. The average molecular weight is 637 g/mol. The average Bonchev–Trinajstić information content (AvgIpc) is 3.47. The predicted octanol–water partition coefficient (Wildman–Crippen LogP) is 7.41. The van der Waals surface area contributed by atoms with Crippen LogP contribution in [0.15, 0.2) is 85.5 Å². The molecule has 11 heteroatoms. The summed E-state index contributed by atoms with van der Waals surface area (Å²) in [6, 6.07) is 19.0. The molecular formula is C34H27Cl2N7O2. The van der Waals surface area contributed by atoms with Crippen molar-refractivity contribution in [3.05, 3.63) is 107 Å². The fourth-order valence-electron chi connectivity index (χ4n) is 5.66. The number of β-amino-alcohol motifs (C(OH)–C–C–N with tert-alkyl or cyclic N) is 1. The minimum atomic E-state index is -0.259. The molecule has 0 amide bonds. The smallest absolute Gasteiger partial charge is 0.156 e. The molecule has 9 nitrogen and oxygen atoms in total. The van der Waals surface area contributed by atoms with Crippen LogP contribution >= 0.6 is 23.2 Å². The topological polar surface area (TPSA) is 116 Å². The summed E-state index contributed by atoms with van der Waals surface area (Å²) in [5.74, 6) is 1.10. The highest BCUT2D eigenvalue weighted by molar-refractivity contribution is 6.39. The number of carbonyl (C=O) groups excluding carboxylic acids is 1. The normalized spacial score (nSPS) is 15.0. The summed E-state index contributed by atoms with van der Waals surface area (Å²) in [7, 11) is 0. The minimum Gasteiger partial charge on any atom is -0.392 e. The van der Waals surface area contributed by atoms with Gasteiger partial charge in [0.1, 0.15) is 11.0 Å². The first-order chi connectivity index (χ1) is 22.0. The van der Waals surface area contributed by atoms with E-state index in [4.69, 9.17) is 28.2 Å². The number of hydrogen-bond acceptors (Lipinski definition) is 9. The molecule has 0 unspecified atom stereocenters. The van der Waals surface area contributed by atoms with E-state index in [1.165, 1.54) is 6.20 Å². The minimum absolute atomic E-state index is 0.259. The maximum atomic E-state index is 11.2. The molecule has 2 aromatic carbocycles. The number of fused-ring (bicyclic) bond motifs is 2. The van der Waals surface area contributed by atoms with Gasteiger partial charge in [-0.15, -0.1) is 0 Å². The molecule has 0 aliphatic carbocycles. The molecule has 1 aliphatic rings. The highest BCUT2D eigenvalue weighted by atomic mass is 35.5. The lowest BCUT2D eigenvalue weighted by Gasteiger charge is -2.17. The lowest BCUT2D eigenvalue weighted by molar-refractivity contribution is 0.112. The van der Waals surface area contributed by atoms with E-state index < -0.39 is 0 Å². The highest BCUT2D eigenvalue weighted by Gasteiger charge is 2.21. The molecule has 1 aliphatic heterocycles. The predicted molar refractivity (Wildman–Crippen MR) is 179 cm³/mol. The van der Waals surface area contributed by atoms with Crippen LogP contribution in [0.1, 0.15) is 22.3 Å². The van der Waals surface area contributed by atoms with Crippen molar-refractivity contribution in [3.8, 4) is 11.1 Å². The lowest BCUT2D eigenvalue weighted by atomic mass is 10.0. The Hall–Kier alpha value is -4.67. The van der Waals surface area contributed by atoms with Gasteiger partial charge in [-0.3, -0.25) is 19.7 Å². The summed E-state index contributed by atoms with van der Waals surface area (Å²) in [5, 5.41) is 19.2. The summed E-state index contributed by atoms with van der Waals surface area (Å²) in [5.41, 5.74) is 5.66. The van der Waals surface area contributed by atoms with Gasteiger partial charge in [-0.05, 0) is 48.4 Å². The Morgan fingerprint density at radius 3 is 2.00 bits per heavy atom. The number of halogens is 2. The zero-order valence-corrected chi connectivity index (χ0v) is 25.4. The molecule has 224 valence electrons. The number of benzene rings is 2. The third kappa shape index (κ3) is 5.91. The Morgan fingerprint density at radius 2 is 1.42 bits per heavy atom. The second-order valence-corrected chi connectivity index (χ2v) is 11.7. The van der Waals surface area contributed by atoms with Crippen molar-refractivity contribution in [2.75, 3.05) is 23.7 Å². The summed E-state index contributed by atoms with van der Waals surface area (Å²) in [6.45, 7) is 2.29. The fraction of sp³-hybridized carbons (Fsp3) is 0.147. The molecule has 1 fully saturated rings. The van der Waals surface area contributed by atoms with Crippen LogP contribution in [-0.2, 0) is 6.54 Å². The van der Waals surface area contributed by atoms with E-state index >= 15 is 0 Å². The van der Waals surface area contributed by atoms with E-state index in [1.54, 1.807) is 24.5 Å². The zero-order chi connectivity index (χ0) is 30.9. The largest absolute Gasteiger partial charge is 0.392 e. The van der Waals surface area contributed by atoms with Crippen molar-refractivity contribution < 1.29 is 9.90 Å².